The van der Waals surface area contributed by atoms with Gasteiger partial charge in [-0.15, -0.1) is 0 Å². The summed E-state index contributed by atoms with van der Waals surface area (Å²) >= 11 is 0. The van der Waals surface area contributed by atoms with Gasteiger partial charge in [0.05, 0.1) is 11.7 Å². The average molecular weight is 243 g/mol. The second-order valence-electron chi connectivity index (χ2n) is 4.40. The van der Waals surface area contributed by atoms with Gasteiger partial charge in [0, 0.05) is 18.3 Å². The summed E-state index contributed by atoms with van der Waals surface area (Å²) in [5.74, 6) is 0.00172. The minimum Gasteiger partial charge on any atom is -0.326 e. The van der Waals surface area contributed by atoms with Crippen LogP contribution in [0.25, 0.3) is 0 Å². The molecule has 0 saturated carbocycles. The van der Waals surface area contributed by atoms with Crippen molar-refractivity contribution < 1.29 is 4.79 Å². The maximum atomic E-state index is 11.9. The normalized spacial score (nSPS) is 12.1. The Bertz CT molecular complexity index is 519. The molecule has 1 atom stereocenters. The van der Waals surface area contributed by atoms with Crippen molar-refractivity contribution in [2.45, 2.75) is 26.3 Å². The summed E-state index contributed by atoms with van der Waals surface area (Å²) in [6.07, 6.45) is 2.31. The SMILES string of the molecule is Cc1ccn([C@@H](C)CC(=O)Nc2ccccc2)n1. The molecule has 18 heavy (non-hydrogen) atoms. The summed E-state index contributed by atoms with van der Waals surface area (Å²) in [6.45, 7) is 3.92. The van der Waals surface area contributed by atoms with Crippen molar-refractivity contribution in [3.8, 4) is 0 Å². The van der Waals surface area contributed by atoms with Crippen LogP contribution in [0.3, 0.4) is 0 Å². The number of aromatic nitrogens is 2. The van der Waals surface area contributed by atoms with Crippen LogP contribution < -0.4 is 5.32 Å². The van der Waals surface area contributed by atoms with Gasteiger partial charge in [-0.1, -0.05) is 18.2 Å². The van der Waals surface area contributed by atoms with E-state index in [4.69, 9.17) is 0 Å². The summed E-state index contributed by atoms with van der Waals surface area (Å²) in [5.41, 5.74) is 1.79. The first-order valence-electron chi connectivity index (χ1n) is 6.02. The molecule has 2 rings (SSSR count). The van der Waals surface area contributed by atoms with E-state index in [0.717, 1.165) is 11.4 Å². The number of nitrogens with one attached hydrogen (secondary N) is 1. The third-order valence-electron chi connectivity index (χ3n) is 2.73. The minimum atomic E-state index is 0.00172. The van der Waals surface area contributed by atoms with Crippen LogP contribution in [0.2, 0.25) is 0 Å². The molecule has 94 valence electrons. The van der Waals surface area contributed by atoms with E-state index in [1.165, 1.54) is 0 Å². The summed E-state index contributed by atoms with van der Waals surface area (Å²) < 4.78 is 1.82. The smallest absolute Gasteiger partial charge is 0.226 e. The van der Waals surface area contributed by atoms with Crippen molar-refractivity contribution in [3.63, 3.8) is 0 Å². The van der Waals surface area contributed by atoms with Crippen LogP contribution in [-0.4, -0.2) is 15.7 Å². The van der Waals surface area contributed by atoms with Gasteiger partial charge >= 0.3 is 0 Å². The molecule has 0 fully saturated rings. The lowest BCUT2D eigenvalue weighted by Crippen LogP contribution is -2.17. The second-order valence-corrected chi connectivity index (χ2v) is 4.40. The van der Waals surface area contributed by atoms with Gasteiger partial charge in [0.1, 0.15) is 0 Å². The average Bonchev–Trinajstić information content (AvgIpc) is 2.77. The monoisotopic (exact) mass is 243 g/mol. The Morgan fingerprint density at radius 2 is 2.06 bits per heavy atom. The molecular weight excluding hydrogens is 226 g/mol. The first kappa shape index (κ1) is 12.4. The summed E-state index contributed by atoms with van der Waals surface area (Å²) in [4.78, 5) is 11.9. The fourth-order valence-corrected chi connectivity index (χ4v) is 1.77. The van der Waals surface area contributed by atoms with Crippen molar-refractivity contribution in [1.29, 1.82) is 0 Å². The Hall–Kier alpha value is -2.10. The van der Waals surface area contributed by atoms with Crippen LogP contribution in [0.4, 0.5) is 5.69 Å². The van der Waals surface area contributed by atoms with Gasteiger partial charge in [0.15, 0.2) is 0 Å². The van der Waals surface area contributed by atoms with Gasteiger partial charge in [-0.2, -0.15) is 5.10 Å². The van der Waals surface area contributed by atoms with Gasteiger partial charge in [-0.25, -0.2) is 0 Å². The van der Waals surface area contributed by atoms with Gasteiger partial charge in [-0.05, 0) is 32.0 Å². The molecule has 0 aliphatic heterocycles. The molecule has 0 unspecified atom stereocenters. The van der Waals surface area contributed by atoms with Crippen LogP contribution >= 0.6 is 0 Å². The molecule has 0 bridgehead atoms. The third kappa shape index (κ3) is 3.20. The van der Waals surface area contributed by atoms with Crippen molar-refractivity contribution in [2.75, 3.05) is 5.32 Å². The van der Waals surface area contributed by atoms with Crippen LogP contribution in [0.5, 0.6) is 0 Å². The van der Waals surface area contributed by atoms with E-state index in [1.54, 1.807) is 0 Å². The molecule has 0 aliphatic carbocycles. The number of amides is 1. The molecule has 1 N–H and O–H groups in total. The number of anilines is 1. The molecule has 1 heterocycles. The number of para-hydroxylation sites is 1. The topological polar surface area (TPSA) is 46.9 Å². The largest absolute Gasteiger partial charge is 0.326 e. The summed E-state index contributed by atoms with van der Waals surface area (Å²) in [5, 5.41) is 7.18. The molecule has 1 aromatic heterocycles. The van der Waals surface area contributed by atoms with Crippen LogP contribution in [0.15, 0.2) is 42.6 Å². The van der Waals surface area contributed by atoms with E-state index in [2.05, 4.69) is 10.4 Å². The summed E-state index contributed by atoms with van der Waals surface area (Å²) in [6, 6.07) is 11.5. The molecule has 2 aromatic rings. The zero-order chi connectivity index (χ0) is 13.0. The highest BCUT2D eigenvalue weighted by atomic mass is 16.1. The zero-order valence-corrected chi connectivity index (χ0v) is 10.6. The fourth-order valence-electron chi connectivity index (χ4n) is 1.77. The number of rotatable bonds is 4. The van der Waals surface area contributed by atoms with Crippen LogP contribution in [0.1, 0.15) is 25.1 Å². The molecule has 1 amide bonds. The lowest BCUT2D eigenvalue weighted by atomic mass is 10.2. The Kier molecular flexibility index (Phi) is 3.77. The highest BCUT2D eigenvalue weighted by Crippen LogP contribution is 2.12. The van der Waals surface area contributed by atoms with Gasteiger partial charge in [0.2, 0.25) is 5.91 Å². The number of nitrogens with zero attached hydrogens (tertiary/aromatic N) is 2. The number of aryl methyl sites for hydroxylation is 1. The predicted molar refractivity (Wildman–Crippen MR) is 71.4 cm³/mol. The number of benzene rings is 1. The molecule has 4 heteroatoms. The molecule has 0 radical (unpaired) electrons. The standard InChI is InChI=1S/C14H17N3O/c1-11-8-9-17(16-11)12(2)10-14(18)15-13-6-4-3-5-7-13/h3-9,12H,10H2,1-2H3,(H,15,18)/t12-/m0/s1. The lowest BCUT2D eigenvalue weighted by molar-refractivity contribution is -0.116. The van der Waals surface area contributed by atoms with Crippen molar-refractivity contribution in [3.05, 3.63) is 48.3 Å². The Morgan fingerprint density at radius 3 is 2.67 bits per heavy atom. The highest BCUT2D eigenvalue weighted by molar-refractivity contribution is 5.90. The Balaban J connectivity index is 1.92. The van der Waals surface area contributed by atoms with E-state index in [0.29, 0.717) is 6.42 Å². The van der Waals surface area contributed by atoms with Crippen LogP contribution in [0, 0.1) is 6.92 Å². The number of hydrogen-bond donors (Lipinski definition) is 1. The number of hydrogen-bond acceptors (Lipinski definition) is 2. The fraction of sp³-hybridized carbons (Fsp3) is 0.286. The van der Waals surface area contributed by atoms with Gasteiger partial charge in [-0.3, -0.25) is 9.48 Å². The highest BCUT2D eigenvalue weighted by Gasteiger charge is 2.11. The Labute approximate surface area is 107 Å². The number of carbonyl (C=O) groups is 1. The van der Waals surface area contributed by atoms with E-state index in [9.17, 15) is 4.79 Å². The van der Waals surface area contributed by atoms with E-state index in [-0.39, 0.29) is 11.9 Å². The molecule has 4 nitrogen and oxygen atoms in total. The van der Waals surface area contributed by atoms with E-state index < -0.39 is 0 Å². The third-order valence-corrected chi connectivity index (χ3v) is 2.73. The van der Waals surface area contributed by atoms with Gasteiger partial charge in [0.25, 0.3) is 0 Å². The molecule has 0 aliphatic rings. The number of carbonyl (C=O) groups excluding carboxylic acids is 1. The van der Waals surface area contributed by atoms with Crippen molar-refractivity contribution in [1.82, 2.24) is 9.78 Å². The van der Waals surface area contributed by atoms with Gasteiger partial charge < -0.3 is 5.32 Å². The maximum Gasteiger partial charge on any atom is 0.226 e. The van der Waals surface area contributed by atoms with Crippen molar-refractivity contribution >= 4 is 11.6 Å². The molecule has 0 spiro atoms. The molecule has 1 aromatic carbocycles. The predicted octanol–water partition coefficient (Wildman–Crippen LogP) is 2.78. The Morgan fingerprint density at radius 1 is 1.33 bits per heavy atom. The van der Waals surface area contributed by atoms with E-state index >= 15 is 0 Å². The maximum absolute atomic E-state index is 11.9. The molecular formula is C14H17N3O. The minimum absolute atomic E-state index is 0.00172. The zero-order valence-electron chi connectivity index (χ0n) is 10.6. The molecule has 0 saturated heterocycles. The first-order chi connectivity index (χ1) is 8.65. The first-order valence-corrected chi connectivity index (χ1v) is 6.02. The second kappa shape index (κ2) is 5.49. The van der Waals surface area contributed by atoms with Crippen molar-refractivity contribution in [2.24, 2.45) is 0 Å². The quantitative estimate of drug-likeness (QED) is 0.897. The van der Waals surface area contributed by atoms with E-state index in [1.807, 2.05) is 61.1 Å². The van der Waals surface area contributed by atoms with Crippen LogP contribution in [-0.2, 0) is 4.79 Å². The summed E-state index contributed by atoms with van der Waals surface area (Å²) in [7, 11) is 0. The lowest BCUT2D eigenvalue weighted by Gasteiger charge is -2.12.